The SMILES string of the molecule is CC(c1nc2ccccc2c(=O)n1-c1ccc(F)cc1)N1CCN(C(=O)c2cccs2)CC1. The van der Waals surface area contributed by atoms with E-state index in [9.17, 15) is 14.0 Å². The first-order valence-electron chi connectivity index (χ1n) is 10.9. The van der Waals surface area contributed by atoms with Gasteiger partial charge in [-0.15, -0.1) is 11.3 Å². The van der Waals surface area contributed by atoms with E-state index < -0.39 is 0 Å². The van der Waals surface area contributed by atoms with Crippen molar-refractivity contribution in [2.75, 3.05) is 26.2 Å². The Balaban J connectivity index is 1.47. The highest BCUT2D eigenvalue weighted by atomic mass is 32.1. The van der Waals surface area contributed by atoms with Crippen LogP contribution < -0.4 is 5.56 Å². The lowest BCUT2D eigenvalue weighted by Crippen LogP contribution is -2.49. The molecular weight excluding hydrogens is 439 g/mol. The first kappa shape index (κ1) is 21.5. The molecule has 1 atom stereocenters. The molecule has 2 aromatic carbocycles. The number of thiophene rings is 1. The van der Waals surface area contributed by atoms with Crippen LogP contribution in [0, 0.1) is 5.82 Å². The van der Waals surface area contributed by atoms with Crippen LogP contribution in [-0.2, 0) is 0 Å². The normalized spacial score (nSPS) is 15.6. The summed E-state index contributed by atoms with van der Waals surface area (Å²) >= 11 is 1.45. The molecule has 1 unspecified atom stereocenters. The lowest BCUT2D eigenvalue weighted by Gasteiger charge is -2.38. The van der Waals surface area contributed by atoms with Crippen LogP contribution in [0.5, 0.6) is 0 Å². The molecule has 33 heavy (non-hydrogen) atoms. The average molecular weight is 463 g/mol. The highest BCUT2D eigenvalue weighted by Gasteiger charge is 2.28. The van der Waals surface area contributed by atoms with Crippen LogP contribution in [-0.4, -0.2) is 51.4 Å². The molecule has 8 heteroatoms. The molecule has 0 bridgehead atoms. The van der Waals surface area contributed by atoms with Gasteiger partial charge in [-0.2, -0.15) is 0 Å². The van der Waals surface area contributed by atoms with Crippen molar-refractivity contribution in [3.63, 3.8) is 0 Å². The van der Waals surface area contributed by atoms with Crippen LogP contribution in [0.1, 0.15) is 28.5 Å². The van der Waals surface area contributed by atoms with Crippen LogP contribution in [0.3, 0.4) is 0 Å². The largest absolute Gasteiger partial charge is 0.335 e. The molecule has 0 spiro atoms. The third-order valence-electron chi connectivity index (χ3n) is 6.14. The minimum atomic E-state index is -0.360. The van der Waals surface area contributed by atoms with Crippen molar-refractivity contribution in [2.45, 2.75) is 13.0 Å². The molecule has 5 rings (SSSR count). The summed E-state index contributed by atoms with van der Waals surface area (Å²) < 4.78 is 15.1. The summed E-state index contributed by atoms with van der Waals surface area (Å²) in [7, 11) is 0. The Morgan fingerprint density at radius 3 is 2.42 bits per heavy atom. The van der Waals surface area contributed by atoms with Gasteiger partial charge in [-0.3, -0.25) is 19.1 Å². The maximum Gasteiger partial charge on any atom is 0.266 e. The van der Waals surface area contributed by atoms with Crippen LogP contribution in [0.2, 0.25) is 0 Å². The van der Waals surface area contributed by atoms with Gasteiger partial charge in [0.15, 0.2) is 0 Å². The summed E-state index contributed by atoms with van der Waals surface area (Å²) in [6.45, 7) is 4.58. The zero-order chi connectivity index (χ0) is 22.9. The molecular formula is C25H23FN4O2S. The molecule has 6 nitrogen and oxygen atoms in total. The Hall–Kier alpha value is -3.36. The maximum absolute atomic E-state index is 13.6. The second-order valence-corrected chi connectivity index (χ2v) is 9.03. The number of carbonyl (C=O) groups is 1. The summed E-state index contributed by atoms with van der Waals surface area (Å²) in [5, 5.41) is 2.43. The number of benzene rings is 2. The van der Waals surface area contributed by atoms with E-state index in [2.05, 4.69) is 4.90 Å². The van der Waals surface area contributed by atoms with Gasteiger partial charge >= 0.3 is 0 Å². The molecule has 4 aromatic rings. The van der Waals surface area contributed by atoms with E-state index in [-0.39, 0.29) is 23.3 Å². The number of fused-ring (bicyclic) bond motifs is 1. The van der Waals surface area contributed by atoms with Gasteiger partial charge in [-0.05, 0) is 54.8 Å². The smallest absolute Gasteiger partial charge is 0.266 e. The van der Waals surface area contributed by atoms with E-state index in [4.69, 9.17) is 4.98 Å². The molecule has 1 amide bonds. The number of piperazine rings is 1. The Bertz CT molecular complexity index is 1340. The number of para-hydroxylation sites is 1. The van der Waals surface area contributed by atoms with Gasteiger partial charge in [0.05, 0.1) is 27.5 Å². The fraction of sp³-hybridized carbons (Fsp3) is 0.240. The topological polar surface area (TPSA) is 58.4 Å². The molecule has 1 aliphatic heterocycles. The highest BCUT2D eigenvalue weighted by Crippen LogP contribution is 2.24. The van der Waals surface area contributed by atoms with E-state index in [0.717, 1.165) is 4.88 Å². The monoisotopic (exact) mass is 462 g/mol. The molecule has 0 radical (unpaired) electrons. The zero-order valence-electron chi connectivity index (χ0n) is 18.1. The number of hydrogen-bond donors (Lipinski definition) is 0. The van der Waals surface area contributed by atoms with Crippen molar-refractivity contribution in [1.82, 2.24) is 19.4 Å². The van der Waals surface area contributed by atoms with Crippen molar-refractivity contribution < 1.29 is 9.18 Å². The number of aromatic nitrogens is 2. The molecule has 1 saturated heterocycles. The summed E-state index contributed by atoms with van der Waals surface area (Å²) in [5.41, 5.74) is 1.03. The number of halogens is 1. The molecule has 1 fully saturated rings. The van der Waals surface area contributed by atoms with E-state index in [0.29, 0.717) is 48.6 Å². The van der Waals surface area contributed by atoms with Crippen LogP contribution in [0.4, 0.5) is 4.39 Å². The zero-order valence-corrected chi connectivity index (χ0v) is 19.0. The molecule has 0 N–H and O–H groups in total. The second kappa shape index (κ2) is 8.88. The van der Waals surface area contributed by atoms with Crippen molar-refractivity contribution >= 4 is 28.1 Å². The van der Waals surface area contributed by atoms with E-state index in [1.54, 1.807) is 22.8 Å². The van der Waals surface area contributed by atoms with Gasteiger partial charge in [-0.25, -0.2) is 9.37 Å². The second-order valence-electron chi connectivity index (χ2n) is 8.09. The standard InChI is InChI=1S/C25H23FN4O2S/c1-17(28-12-14-29(15-13-28)25(32)22-7-4-16-33-22)23-27-21-6-3-2-5-20(21)24(31)30(23)19-10-8-18(26)9-11-19/h2-11,16-17H,12-15H2,1H3. The number of rotatable bonds is 4. The lowest BCUT2D eigenvalue weighted by molar-refractivity contribution is 0.0578. The van der Waals surface area contributed by atoms with Crippen molar-refractivity contribution in [1.29, 1.82) is 0 Å². The summed E-state index contributed by atoms with van der Waals surface area (Å²) in [4.78, 5) is 35.9. The maximum atomic E-state index is 13.6. The quantitative estimate of drug-likeness (QED) is 0.458. The first-order chi connectivity index (χ1) is 16.0. The van der Waals surface area contributed by atoms with Crippen LogP contribution in [0.25, 0.3) is 16.6 Å². The van der Waals surface area contributed by atoms with Crippen LogP contribution in [0.15, 0.2) is 70.8 Å². The predicted octanol–water partition coefficient (Wildman–Crippen LogP) is 4.11. The Morgan fingerprint density at radius 2 is 1.73 bits per heavy atom. The van der Waals surface area contributed by atoms with Crippen LogP contribution >= 0.6 is 11.3 Å². The van der Waals surface area contributed by atoms with E-state index >= 15 is 0 Å². The molecule has 2 aromatic heterocycles. The van der Waals surface area contributed by atoms with Gasteiger partial charge in [0.2, 0.25) is 0 Å². The summed E-state index contributed by atoms with van der Waals surface area (Å²) in [6.07, 6.45) is 0. The number of nitrogens with zero attached hydrogens (tertiary/aromatic N) is 4. The van der Waals surface area contributed by atoms with Gasteiger partial charge in [0.1, 0.15) is 11.6 Å². The van der Waals surface area contributed by atoms with E-state index in [1.807, 2.05) is 47.5 Å². The van der Waals surface area contributed by atoms with Gasteiger partial charge in [0.25, 0.3) is 11.5 Å². The molecule has 0 saturated carbocycles. The highest BCUT2D eigenvalue weighted by molar-refractivity contribution is 7.12. The average Bonchev–Trinajstić information content (AvgIpc) is 3.39. The Morgan fingerprint density at radius 1 is 1.00 bits per heavy atom. The van der Waals surface area contributed by atoms with Crippen molar-refractivity contribution in [2.24, 2.45) is 0 Å². The Kier molecular flexibility index (Phi) is 5.78. The summed E-state index contributed by atoms with van der Waals surface area (Å²) in [5.74, 6) is 0.300. The van der Waals surface area contributed by atoms with Gasteiger partial charge in [0, 0.05) is 26.2 Å². The van der Waals surface area contributed by atoms with Crippen molar-refractivity contribution in [3.8, 4) is 5.69 Å². The Labute approximate surface area is 194 Å². The van der Waals surface area contributed by atoms with Gasteiger partial charge in [-0.1, -0.05) is 18.2 Å². The molecule has 3 heterocycles. The van der Waals surface area contributed by atoms with Gasteiger partial charge < -0.3 is 4.90 Å². The minimum Gasteiger partial charge on any atom is -0.335 e. The lowest BCUT2D eigenvalue weighted by atomic mass is 10.1. The van der Waals surface area contributed by atoms with E-state index in [1.165, 1.54) is 23.5 Å². The predicted molar refractivity (Wildman–Crippen MR) is 128 cm³/mol. The fourth-order valence-corrected chi connectivity index (χ4v) is 4.99. The molecule has 0 aliphatic carbocycles. The third kappa shape index (κ3) is 4.07. The minimum absolute atomic E-state index is 0.0596. The summed E-state index contributed by atoms with van der Waals surface area (Å²) in [6, 6.07) is 16.7. The molecule has 168 valence electrons. The van der Waals surface area contributed by atoms with Crippen molar-refractivity contribution in [3.05, 3.63) is 92.9 Å². The first-order valence-corrected chi connectivity index (χ1v) is 11.8. The molecule has 1 aliphatic rings. The number of carbonyl (C=O) groups excluding carboxylic acids is 1. The number of amides is 1. The fourth-order valence-electron chi connectivity index (χ4n) is 4.30. The number of hydrogen-bond acceptors (Lipinski definition) is 5. The third-order valence-corrected chi connectivity index (χ3v) is 7.00.